The molecule has 0 unspecified atom stereocenters. The molecule has 0 saturated carbocycles. The molecule has 6 nitrogen and oxygen atoms in total. The van der Waals surface area contributed by atoms with Crippen LogP contribution in [0, 0.1) is 0 Å². The molecule has 0 aliphatic rings. The van der Waals surface area contributed by atoms with E-state index in [9.17, 15) is 4.79 Å². The van der Waals surface area contributed by atoms with Crippen molar-refractivity contribution in [2.24, 2.45) is 0 Å². The number of carbonyl (C=O) groups is 1. The molecule has 0 spiro atoms. The van der Waals surface area contributed by atoms with Gasteiger partial charge in [0.15, 0.2) is 0 Å². The molecule has 1 amide bonds. The van der Waals surface area contributed by atoms with Crippen molar-refractivity contribution in [2.75, 3.05) is 6.26 Å². The number of hydrogen-bond donors (Lipinski definition) is 2. The second kappa shape index (κ2) is 7.74. The van der Waals surface area contributed by atoms with E-state index >= 15 is 0 Å². The number of hydrogen-bond acceptors (Lipinski definition) is 5. The lowest BCUT2D eigenvalue weighted by Crippen LogP contribution is -2.24. The minimum atomic E-state index is 0.00847. The molecule has 0 saturated heterocycles. The summed E-state index contributed by atoms with van der Waals surface area (Å²) in [6.45, 7) is 0.494. The molecule has 1 heterocycles. The number of tetrazole rings is 1. The molecule has 7 heteroatoms. The largest absolute Gasteiger partial charge is 0.352 e. The van der Waals surface area contributed by atoms with Crippen molar-refractivity contribution in [3.63, 3.8) is 0 Å². The van der Waals surface area contributed by atoms with E-state index in [0.29, 0.717) is 18.8 Å². The van der Waals surface area contributed by atoms with E-state index in [0.717, 1.165) is 16.7 Å². The van der Waals surface area contributed by atoms with Gasteiger partial charge in [0.05, 0.1) is 6.42 Å². The first-order valence-corrected chi connectivity index (χ1v) is 8.69. The van der Waals surface area contributed by atoms with Crippen LogP contribution in [0.1, 0.15) is 11.1 Å². The van der Waals surface area contributed by atoms with Crippen molar-refractivity contribution in [2.45, 2.75) is 17.9 Å². The maximum Gasteiger partial charge on any atom is 0.224 e. The van der Waals surface area contributed by atoms with Gasteiger partial charge in [-0.2, -0.15) is 5.21 Å². The van der Waals surface area contributed by atoms with Gasteiger partial charge in [-0.3, -0.25) is 4.79 Å². The lowest BCUT2D eigenvalue weighted by atomic mass is 10.1. The fourth-order valence-electron chi connectivity index (χ4n) is 2.25. The number of H-pyrrole nitrogens is 1. The van der Waals surface area contributed by atoms with Crippen LogP contribution in [0.3, 0.4) is 0 Å². The van der Waals surface area contributed by atoms with Crippen LogP contribution in [0.25, 0.3) is 11.4 Å². The number of carbonyl (C=O) groups excluding carboxylic acids is 1. The molecule has 3 aromatic rings. The Kier molecular flexibility index (Phi) is 5.22. The third-order valence-electron chi connectivity index (χ3n) is 3.57. The molecule has 1 aromatic heterocycles. The van der Waals surface area contributed by atoms with E-state index < -0.39 is 0 Å². The molecule has 0 atom stereocenters. The van der Waals surface area contributed by atoms with E-state index in [4.69, 9.17) is 0 Å². The highest BCUT2D eigenvalue weighted by Gasteiger charge is 2.05. The Balaban J connectivity index is 1.52. The lowest BCUT2D eigenvalue weighted by Gasteiger charge is -2.06. The van der Waals surface area contributed by atoms with Gasteiger partial charge in [0.2, 0.25) is 11.7 Å². The van der Waals surface area contributed by atoms with Crippen LogP contribution < -0.4 is 5.32 Å². The summed E-state index contributed by atoms with van der Waals surface area (Å²) in [4.78, 5) is 13.2. The zero-order chi connectivity index (χ0) is 16.8. The Morgan fingerprint density at radius 3 is 2.42 bits per heavy atom. The van der Waals surface area contributed by atoms with E-state index in [1.807, 2.05) is 54.8 Å². The van der Waals surface area contributed by atoms with E-state index in [1.54, 1.807) is 11.8 Å². The minimum absolute atomic E-state index is 0.00847. The number of thioether (sulfide) groups is 1. The topological polar surface area (TPSA) is 83.6 Å². The van der Waals surface area contributed by atoms with Gasteiger partial charge in [0, 0.05) is 17.0 Å². The van der Waals surface area contributed by atoms with Crippen LogP contribution >= 0.6 is 11.8 Å². The highest BCUT2D eigenvalue weighted by atomic mass is 32.2. The summed E-state index contributed by atoms with van der Waals surface area (Å²) in [6, 6.07) is 15.8. The van der Waals surface area contributed by atoms with Crippen molar-refractivity contribution in [3.05, 3.63) is 59.7 Å². The van der Waals surface area contributed by atoms with Crippen molar-refractivity contribution >= 4 is 17.7 Å². The van der Waals surface area contributed by atoms with Crippen LogP contribution in [0.2, 0.25) is 0 Å². The monoisotopic (exact) mass is 339 g/mol. The summed E-state index contributed by atoms with van der Waals surface area (Å²) in [5, 5.41) is 16.8. The number of rotatable bonds is 6. The summed E-state index contributed by atoms with van der Waals surface area (Å²) >= 11 is 1.69. The number of aromatic nitrogens is 4. The van der Waals surface area contributed by atoms with Crippen molar-refractivity contribution in [3.8, 4) is 11.4 Å². The Labute approximate surface area is 144 Å². The number of benzene rings is 2. The molecule has 0 aliphatic heterocycles. The Morgan fingerprint density at radius 1 is 1.08 bits per heavy atom. The molecule has 122 valence electrons. The van der Waals surface area contributed by atoms with E-state index in [2.05, 4.69) is 25.9 Å². The second-order valence-corrected chi connectivity index (χ2v) is 6.11. The molecule has 0 aliphatic carbocycles. The second-order valence-electron chi connectivity index (χ2n) is 5.23. The van der Waals surface area contributed by atoms with Crippen LogP contribution in [-0.2, 0) is 17.8 Å². The Morgan fingerprint density at radius 2 is 1.79 bits per heavy atom. The molecular formula is C17H17N5OS. The summed E-state index contributed by atoms with van der Waals surface area (Å²) in [5.41, 5.74) is 2.92. The third kappa shape index (κ3) is 4.20. The predicted molar refractivity (Wildman–Crippen MR) is 93.4 cm³/mol. The van der Waals surface area contributed by atoms with Gasteiger partial charge in [-0.15, -0.1) is 22.0 Å². The van der Waals surface area contributed by atoms with Gasteiger partial charge in [0.25, 0.3) is 0 Å². The van der Waals surface area contributed by atoms with Crippen molar-refractivity contribution in [1.82, 2.24) is 25.9 Å². The van der Waals surface area contributed by atoms with Gasteiger partial charge in [0.1, 0.15) is 0 Å². The fourth-order valence-corrected chi connectivity index (χ4v) is 2.66. The minimum Gasteiger partial charge on any atom is -0.352 e. The maximum absolute atomic E-state index is 12.0. The maximum atomic E-state index is 12.0. The number of nitrogens with one attached hydrogen (secondary N) is 2. The van der Waals surface area contributed by atoms with Crippen LogP contribution in [0.15, 0.2) is 53.4 Å². The molecule has 0 radical (unpaired) electrons. The van der Waals surface area contributed by atoms with Gasteiger partial charge < -0.3 is 5.32 Å². The van der Waals surface area contributed by atoms with Gasteiger partial charge in [-0.1, -0.05) is 36.4 Å². The summed E-state index contributed by atoms with van der Waals surface area (Å²) < 4.78 is 0. The SMILES string of the molecule is CSc1ccc(CC(=O)NCc2ccc(-c3nn[nH]n3)cc2)cc1. The van der Waals surface area contributed by atoms with Crippen molar-refractivity contribution < 1.29 is 4.79 Å². The van der Waals surface area contributed by atoms with Gasteiger partial charge in [-0.05, 0) is 34.7 Å². The summed E-state index contributed by atoms with van der Waals surface area (Å²) in [6.07, 6.45) is 2.42. The summed E-state index contributed by atoms with van der Waals surface area (Å²) in [5.74, 6) is 0.563. The Hall–Kier alpha value is -2.67. The zero-order valence-electron chi connectivity index (χ0n) is 13.2. The molecule has 2 aromatic carbocycles. The first kappa shape index (κ1) is 16.2. The van der Waals surface area contributed by atoms with E-state index in [-0.39, 0.29) is 5.91 Å². The highest BCUT2D eigenvalue weighted by Crippen LogP contribution is 2.15. The van der Waals surface area contributed by atoms with Gasteiger partial charge >= 0.3 is 0 Å². The normalized spacial score (nSPS) is 10.5. The van der Waals surface area contributed by atoms with Gasteiger partial charge in [-0.25, -0.2) is 0 Å². The predicted octanol–water partition coefficient (Wildman–Crippen LogP) is 2.45. The van der Waals surface area contributed by atoms with Crippen molar-refractivity contribution in [1.29, 1.82) is 0 Å². The molecule has 2 N–H and O–H groups in total. The standard InChI is InChI=1S/C17H17N5OS/c1-24-15-8-4-12(5-9-15)10-16(23)18-11-13-2-6-14(7-3-13)17-19-21-22-20-17/h2-9H,10-11H2,1H3,(H,18,23)(H,19,20,21,22). The molecule has 3 rings (SSSR count). The number of nitrogens with zero attached hydrogens (tertiary/aromatic N) is 3. The summed E-state index contributed by atoms with van der Waals surface area (Å²) in [7, 11) is 0. The zero-order valence-corrected chi connectivity index (χ0v) is 14.0. The van der Waals surface area contributed by atoms with E-state index in [1.165, 1.54) is 4.90 Å². The quantitative estimate of drug-likeness (QED) is 0.674. The smallest absolute Gasteiger partial charge is 0.224 e. The fraction of sp³-hybridized carbons (Fsp3) is 0.176. The average molecular weight is 339 g/mol. The first-order valence-electron chi connectivity index (χ1n) is 7.47. The first-order chi connectivity index (χ1) is 11.7. The number of amides is 1. The highest BCUT2D eigenvalue weighted by molar-refractivity contribution is 7.98. The molecule has 24 heavy (non-hydrogen) atoms. The molecular weight excluding hydrogens is 322 g/mol. The Bertz CT molecular complexity index is 785. The van der Waals surface area contributed by atoms with Crippen LogP contribution in [0.5, 0.6) is 0 Å². The lowest BCUT2D eigenvalue weighted by molar-refractivity contribution is -0.120. The molecule has 0 bridgehead atoms. The third-order valence-corrected chi connectivity index (χ3v) is 4.31. The van der Waals surface area contributed by atoms with Crippen LogP contribution in [0.4, 0.5) is 0 Å². The number of aromatic amines is 1. The van der Waals surface area contributed by atoms with Crippen LogP contribution in [-0.4, -0.2) is 32.8 Å². The average Bonchev–Trinajstić information content (AvgIpc) is 3.16. The molecule has 0 fully saturated rings.